The molecule has 0 spiro atoms. The second-order valence-electron chi connectivity index (χ2n) is 8.26. The molecule has 2 aliphatic heterocycles. The van der Waals surface area contributed by atoms with Crippen LogP contribution in [0.4, 0.5) is 11.4 Å². The number of hydrogen-bond donors (Lipinski definition) is 1. The van der Waals surface area contributed by atoms with Crippen molar-refractivity contribution in [3.8, 4) is 0 Å². The van der Waals surface area contributed by atoms with Crippen LogP contribution in [0, 0.1) is 0 Å². The third kappa shape index (κ3) is 4.88. The van der Waals surface area contributed by atoms with Gasteiger partial charge in [-0.05, 0) is 42.3 Å². The number of nitrogens with one attached hydrogen (secondary N) is 1. The summed E-state index contributed by atoms with van der Waals surface area (Å²) in [5.74, 6) is 0.288. The number of fused-ring (bicyclic) bond motifs is 3. The van der Waals surface area contributed by atoms with Gasteiger partial charge in [0.2, 0.25) is 5.91 Å². The minimum absolute atomic E-state index is 0.130. The van der Waals surface area contributed by atoms with Crippen LogP contribution in [-0.2, 0) is 16.0 Å². The van der Waals surface area contributed by atoms with Gasteiger partial charge in [-0.25, -0.2) is 9.89 Å². The van der Waals surface area contributed by atoms with Crippen molar-refractivity contribution in [1.82, 2.24) is 4.90 Å². The number of thioether (sulfide) groups is 1. The maximum Gasteiger partial charge on any atom is 0.259 e. The summed E-state index contributed by atoms with van der Waals surface area (Å²) in [5.41, 5.74) is 3.22. The van der Waals surface area contributed by atoms with Crippen molar-refractivity contribution < 1.29 is 9.59 Å². The lowest BCUT2D eigenvalue weighted by molar-refractivity contribution is -0.124. The number of rotatable bonds is 6. The second kappa shape index (κ2) is 10.1. The highest BCUT2D eigenvalue weighted by Gasteiger charge is 2.42. The van der Waals surface area contributed by atoms with Crippen molar-refractivity contribution >= 4 is 57.6 Å². The average molecular weight is 503 g/mol. The van der Waals surface area contributed by atoms with Gasteiger partial charge in [0.15, 0.2) is 5.17 Å². The molecule has 8 heteroatoms. The van der Waals surface area contributed by atoms with Gasteiger partial charge < -0.3 is 5.32 Å². The molecule has 0 aliphatic carbocycles. The predicted octanol–water partition coefficient (Wildman–Crippen LogP) is 5.69. The Kier molecular flexibility index (Phi) is 6.70. The van der Waals surface area contributed by atoms with Crippen LogP contribution in [0.25, 0.3) is 0 Å². The van der Waals surface area contributed by atoms with E-state index in [0.717, 1.165) is 16.8 Å². The summed E-state index contributed by atoms with van der Waals surface area (Å²) in [6, 6.07) is 24.0. The Balaban J connectivity index is 1.42. The summed E-state index contributed by atoms with van der Waals surface area (Å²) in [5, 5.41) is 3.48. The number of anilines is 1. The highest BCUT2D eigenvalue weighted by atomic mass is 35.5. The Morgan fingerprint density at radius 2 is 1.86 bits per heavy atom. The first-order valence-corrected chi connectivity index (χ1v) is 12.7. The smallest absolute Gasteiger partial charge is 0.259 e. The van der Waals surface area contributed by atoms with Gasteiger partial charge in [-0.15, -0.1) is 0 Å². The number of para-hydroxylation sites is 1. The van der Waals surface area contributed by atoms with Gasteiger partial charge in [0.1, 0.15) is 11.9 Å². The molecule has 1 N–H and O–H groups in total. The molecule has 2 atom stereocenters. The molecule has 0 saturated heterocycles. The van der Waals surface area contributed by atoms with E-state index >= 15 is 0 Å². The summed E-state index contributed by atoms with van der Waals surface area (Å²) >= 11 is 7.34. The molecule has 0 radical (unpaired) electrons. The van der Waals surface area contributed by atoms with Gasteiger partial charge in [-0.2, -0.15) is 0 Å². The molecule has 0 saturated carbocycles. The molecule has 6 nitrogen and oxygen atoms in total. The zero-order valence-corrected chi connectivity index (χ0v) is 20.6. The molecule has 35 heavy (non-hydrogen) atoms. The zero-order chi connectivity index (χ0) is 24.4. The van der Waals surface area contributed by atoms with E-state index in [1.807, 2.05) is 61.5 Å². The van der Waals surface area contributed by atoms with E-state index in [9.17, 15) is 9.59 Å². The first-order valence-electron chi connectivity index (χ1n) is 11.4. The molecular weight excluding hydrogens is 480 g/mol. The lowest BCUT2D eigenvalue weighted by atomic mass is 10.1. The number of nitrogens with zero attached hydrogens (tertiary/aromatic N) is 3. The van der Waals surface area contributed by atoms with Crippen molar-refractivity contribution in [2.75, 3.05) is 5.32 Å². The van der Waals surface area contributed by atoms with E-state index in [2.05, 4.69) is 5.32 Å². The summed E-state index contributed by atoms with van der Waals surface area (Å²) in [6.45, 7) is 1.94. The van der Waals surface area contributed by atoms with Gasteiger partial charge in [-0.3, -0.25) is 14.6 Å². The molecule has 176 valence electrons. The van der Waals surface area contributed by atoms with E-state index in [1.54, 1.807) is 29.2 Å². The number of carbonyl (C=O) groups is 2. The molecule has 3 aromatic carbocycles. The van der Waals surface area contributed by atoms with Crippen LogP contribution in [0.5, 0.6) is 0 Å². The molecule has 0 unspecified atom stereocenters. The SMILES string of the molecule is CC[C@H](SC1=Nc2ccccc2C2=N[C@@H](Cc3ccccc3)C(=O)N12)C(=O)Nc1cccc(Cl)c1. The maximum absolute atomic E-state index is 13.5. The Labute approximate surface area is 213 Å². The van der Waals surface area contributed by atoms with E-state index in [4.69, 9.17) is 21.6 Å². The van der Waals surface area contributed by atoms with E-state index in [1.165, 1.54) is 11.8 Å². The molecule has 3 aromatic rings. The Bertz CT molecular complexity index is 1340. The summed E-state index contributed by atoms with van der Waals surface area (Å²) in [7, 11) is 0. The minimum Gasteiger partial charge on any atom is -0.325 e. The molecule has 5 rings (SSSR count). The van der Waals surface area contributed by atoms with Gasteiger partial charge >= 0.3 is 0 Å². The molecule has 2 amide bonds. The van der Waals surface area contributed by atoms with Gasteiger partial charge in [0.25, 0.3) is 5.91 Å². The summed E-state index contributed by atoms with van der Waals surface area (Å²) in [6.07, 6.45) is 1.06. The lowest BCUT2D eigenvalue weighted by Gasteiger charge is -2.27. The van der Waals surface area contributed by atoms with Crippen LogP contribution in [0.15, 0.2) is 88.8 Å². The Morgan fingerprint density at radius 1 is 1.09 bits per heavy atom. The standard InChI is InChI=1S/C27H23ClN4O2S/c1-2-23(25(33)29-19-12-8-11-18(28)16-19)35-27-31-21-14-7-6-13-20(21)24-30-22(26(34)32(24)27)15-17-9-4-3-5-10-17/h3-14,16,22-23H,2,15H2,1H3,(H,29,33)/t22-,23-/m0/s1. The third-order valence-corrected chi connectivity index (χ3v) is 7.37. The largest absolute Gasteiger partial charge is 0.325 e. The fourth-order valence-electron chi connectivity index (χ4n) is 4.09. The molecule has 0 bridgehead atoms. The first kappa shape index (κ1) is 23.3. The first-order chi connectivity index (χ1) is 17.0. The van der Waals surface area contributed by atoms with Crippen LogP contribution in [0.3, 0.4) is 0 Å². The van der Waals surface area contributed by atoms with Crippen LogP contribution < -0.4 is 5.32 Å². The van der Waals surface area contributed by atoms with Crippen molar-refractivity contribution in [2.45, 2.75) is 31.1 Å². The van der Waals surface area contributed by atoms with E-state index < -0.39 is 11.3 Å². The van der Waals surface area contributed by atoms with Crippen molar-refractivity contribution in [2.24, 2.45) is 9.98 Å². The van der Waals surface area contributed by atoms with Crippen LogP contribution >= 0.6 is 23.4 Å². The van der Waals surface area contributed by atoms with Gasteiger partial charge in [0.05, 0.1) is 10.9 Å². The number of amides is 2. The molecule has 0 fully saturated rings. The fraction of sp³-hybridized carbons (Fsp3) is 0.185. The van der Waals surface area contributed by atoms with E-state index in [-0.39, 0.29) is 11.8 Å². The third-order valence-electron chi connectivity index (χ3n) is 5.82. The highest BCUT2D eigenvalue weighted by Crippen LogP contribution is 2.36. The number of amidine groups is 2. The molecular formula is C27H23ClN4O2S. The molecule has 0 aromatic heterocycles. The number of halogens is 1. The fourth-order valence-corrected chi connectivity index (χ4v) is 5.30. The van der Waals surface area contributed by atoms with Crippen molar-refractivity contribution in [3.05, 3.63) is 95.0 Å². The van der Waals surface area contributed by atoms with Gasteiger partial charge in [0, 0.05) is 22.7 Å². The zero-order valence-electron chi connectivity index (χ0n) is 19.0. The maximum atomic E-state index is 13.5. The average Bonchev–Trinajstić information content (AvgIpc) is 3.19. The second-order valence-corrected chi connectivity index (χ2v) is 9.86. The van der Waals surface area contributed by atoms with Crippen molar-refractivity contribution in [3.63, 3.8) is 0 Å². The molecule has 2 heterocycles. The van der Waals surface area contributed by atoms with Crippen LogP contribution in [0.1, 0.15) is 24.5 Å². The molecule has 2 aliphatic rings. The Hall–Kier alpha value is -3.42. The van der Waals surface area contributed by atoms with E-state index in [0.29, 0.717) is 34.6 Å². The Morgan fingerprint density at radius 3 is 2.63 bits per heavy atom. The van der Waals surface area contributed by atoms with Crippen LogP contribution in [-0.4, -0.2) is 39.0 Å². The van der Waals surface area contributed by atoms with Crippen molar-refractivity contribution in [1.29, 1.82) is 0 Å². The number of carbonyl (C=O) groups excluding carboxylic acids is 2. The quantitative estimate of drug-likeness (QED) is 0.470. The number of hydrogen-bond acceptors (Lipinski definition) is 5. The number of benzene rings is 3. The minimum atomic E-state index is -0.537. The van der Waals surface area contributed by atoms with Gasteiger partial charge in [-0.1, -0.05) is 78.8 Å². The highest BCUT2D eigenvalue weighted by molar-refractivity contribution is 8.15. The summed E-state index contributed by atoms with van der Waals surface area (Å²) in [4.78, 5) is 37.8. The topological polar surface area (TPSA) is 74.1 Å². The predicted molar refractivity (Wildman–Crippen MR) is 143 cm³/mol. The van der Waals surface area contributed by atoms with Crippen LogP contribution in [0.2, 0.25) is 5.02 Å². The normalized spacial score (nSPS) is 17.3. The lowest BCUT2D eigenvalue weighted by Crippen LogP contribution is -2.42. The summed E-state index contributed by atoms with van der Waals surface area (Å²) < 4.78 is 0. The monoisotopic (exact) mass is 502 g/mol. The number of aliphatic imine (C=N–C) groups is 2.